The molecule has 0 spiro atoms. The molecule has 3 heteroatoms. The zero-order chi connectivity index (χ0) is 14.0. The second-order valence-corrected chi connectivity index (χ2v) is 5.03. The lowest BCUT2D eigenvalue weighted by Crippen LogP contribution is -2.29. The third-order valence-corrected chi connectivity index (χ3v) is 3.32. The van der Waals surface area contributed by atoms with Gasteiger partial charge in [-0.1, -0.05) is 36.4 Å². The molecule has 19 heavy (non-hydrogen) atoms. The summed E-state index contributed by atoms with van der Waals surface area (Å²) in [5.41, 5.74) is 2.08. The first-order chi connectivity index (χ1) is 9.02. The zero-order valence-corrected chi connectivity index (χ0v) is 11.8. The Hall–Kier alpha value is -1.90. The summed E-state index contributed by atoms with van der Waals surface area (Å²) >= 11 is 0. The number of esters is 1. The average Bonchev–Trinajstić information content (AvgIpc) is 3.15. The van der Waals surface area contributed by atoms with Gasteiger partial charge >= 0.3 is 5.97 Å². The predicted molar refractivity (Wildman–Crippen MR) is 77.1 cm³/mol. The van der Waals surface area contributed by atoms with Crippen molar-refractivity contribution in [2.24, 2.45) is 10.4 Å². The van der Waals surface area contributed by atoms with Crippen molar-refractivity contribution >= 4 is 17.3 Å². The van der Waals surface area contributed by atoms with E-state index in [4.69, 9.17) is 4.74 Å². The van der Waals surface area contributed by atoms with E-state index in [0.717, 1.165) is 16.8 Å². The molecule has 0 saturated heterocycles. The number of carbonyl (C=O) groups excluding carboxylic acids is 1. The van der Waals surface area contributed by atoms with Crippen LogP contribution in [0.3, 0.4) is 0 Å². The molecular formula is C16H19NO2. The van der Waals surface area contributed by atoms with Crippen molar-refractivity contribution < 1.29 is 9.53 Å². The summed E-state index contributed by atoms with van der Waals surface area (Å²) in [6.07, 6.45) is 1.94. The number of ether oxygens (including phenoxy) is 1. The minimum Gasteiger partial charge on any atom is -0.468 e. The number of hydrogen-bond acceptors (Lipinski definition) is 3. The van der Waals surface area contributed by atoms with Gasteiger partial charge in [-0.2, -0.15) is 0 Å². The Kier molecular flexibility index (Phi) is 3.56. The molecule has 0 fully saturated rings. The molecular weight excluding hydrogens is 238 g/mol. The molecule has 100 valence electrons. The van der Waals surface area contributed by atoms with Crippen molar-refractivity contribution in [3.05, 3.63) is 42.0 Å². The van der Waals surface area contributed by atoms with Crippen molar-refractivity contribution in [3.63, 3.8) is 0 Å². The predicted octanol–water partition coefficient (Wildman–Crippen LogP) is 3.11. The van der Waals surface area contributed by atoms with E-state index in [2.05, 4.69) is 4.99 Å². The molecule has 1 aromatic carbocycles. The van der Waals surface area contributed by atoms with Gasteiger partial charge < -0.3 is 4.74 Å². The van der Waals surface area contributed by atoms with Crippen molar-refractivity contribution in [1.82, 2.24) is 0 Å². The van der Waals surface area contributed by atoms with Gasteiger partial charge in [-0.3, -0.25) is 9.79 Å². The largest absolute Gasteiger partial charge is 0.468 e. The van der Waals surface area contributed by atoms with E-state index in [1.54, 1.807) is 0 Å². The second-order valence-electron chi connectivity index (χ2n) is 5.03. The molecule has 0 amide bonds. The molecule has 1 atom stereocenters. The maximum atomic E-state index is 12.1. The van der Waals surface area contributed by atoms with E-state index in [-0.39, 0.29) is 12.0 Å². The second kappa shape index (κ2) is 5.00. The maximum absolute atomic E-state index is 12.1. The fourth-order valence-electron chi connectivity index (χ4n) is 2.38. The summed E-state index contributed by atoms with van der Waals surface area (Å²) < 4.78 is 4.96. The number of nitrogens with zero attached hydrogens (tertiary/aromatic N) is 1. The Labute approximate surface area is 114 Å². The summed E-state index contributed by atoms with van der Waals surface area (Å²) in [6, 6.07) is 10.0. The number of hydrogen-bond donors (Lipinski definition) is 0. The summed E-state index contributed by atoms with van der Waals surface area (Å²) in [5, 5.41) is 0. The summed E-state index contributed by atoms with van der Waals surface area (Å²) in [7, 11) is 1.42. The van der Waals surface area contributed by atoms with E-state index in [1.807, 2.05) is 57.2 Å². The first kappa shape index (κ1) is 13.5. The maximum Gasteiger partial charge on any atom is 0.326 e. The van der Waals surface area contributed by atoms with Crippen LogP contribution in [-0.4, -0.2) is 24.8 Å². The summed E-state index contributed by atoms with van der Waals surface area (Å²) in [4.78, 5) is 16.7. The fourth-order valence-corrected chi connectivity index (χ4v) is 2.38. The van der Waals surface area contributed by atoms with Crippen LogP contribution >= 0.6 is 0 Å². The van der Waals surface area contributed by atoms with Gasteiger partial charge in [0.2, 0.25) is 0 Å². The van der Waals surface area contributed by atoms with E-state index in [0.29, 0.717) is 0 Å². The molecule has 3 nitrogen and oxygen atoms in total. The van der Waals surface area contributed by atoms with Gasteiger partial charge in [0, 0.05) is 11.8 Å². The lowest BCUT2D eigenvalue weighted by Gasteiger charge is -2.17. The third kappa shape index (κ3) is 2.33. The molecule has 1 aliphatic rings. The summed E-state index contributed by atoms with van der Waals surface area (Å²) in [5.74, 6) is -0.256. The highest BCUT2D eigenvalue weighted by molar-refractivity contribution is 6.25. The fraction of sp³-hybridized carbons (Fsp3) is 0.375. The van der Waals surface area contributed by atoms with Crippen molar-refractivity contribution in [1.29, 1.82) is 0 Å². The highest BCUT2D eigenvalue weighted by atomic mass is 16.5. The van der Waals surface area contributed by atoms with Crippen LogP contribution < -0.4 is 0 Å². The van der Waals surface area contributed by atoms with Crippen LogP contribution in [0.1, 0.15) is 26.3 Å². The van der Waals surface area contributed by atoms with Gasteiger partial charge in [0.1, 0.15) is 5.41 Å². The normalized spacial score (nSPS) is 22.2. The van der Waals surface area contributed by atoms with Crippen LogP contribution in [0.25, 0.3) is 5.57 Å². The van der Waals surface area contributed by atoms with Gasteiger partial charge in [-0.05, 0) is 31.9 Å². The number of methoxy groups -OCH3 is 1. The first-order valence-corrected chi connectivity index (χ1v) is 6.44. The van der Waals surface area contributed by atoms with Crippen LogP contribution in [0.15, 0.2) is 41.4 Å². The minimum absolute atomic E-state index is 0.160. The van der Waals surface area contributed by atoms with E-state index >= 15 is 0 Å². The van der Waals surface area contributed by atoms with Crippen LogP contribution in [0.2, 0.25) is 0 Å². The monoisotopic (exact) mass is 257 g/mol. The quantitative estimate of drug-likeness (QED) is 0.614. The topological polar surface area (TPSA) is 38.7 Å². The third-order valence-electron chi connectivity index (χ3n) is 3.32. The van der Waals surface area contributed by atoms with E-state index in [9.17, 15) is 4.79 Å². The molecule has 0 radical (unpaired) electrons. The number of carbonyl (C=O) groups is 1. The molecule has 0 aromatic heterocycles. The van der Waals surface area contributed by atoms with Gasteiger partial charge in [0.05, 0.1) is 7.11 Å². The minimum atomic E-state index is -0.750. The Morgan fingerprint density at radius 2 is 1.89 bits per heavy atom. The number of aliphatic imine (C=N–C) groups is 1. The first-order valence-electron chi connectivity index (χ1n) is 6.44. The van der Waals surface area contributed by atoms with Crippen LogP contribution in [-0.2, 0) is 9.53 Å². The smallest absolute Gasteiger partial charge is 0.326 e. The molecule has 1 unspecified atom stereocenters. The average molecular weight is 257 g/mol. The standard InChI is InChI=1S/C16H19NO2/c1-11(2)17-12(3)16(15(18)19-4)10-14(16)13-8-6-5-7-9-13/h5-11H,1-4H3. The van der Waals surface area contributed by atoms with Crippen LogP contribution in [0.4, 0.5) is 0 Å². The van der Waals surface area contributed by atoms with Gasteiger partial charge in [0.15, 0.2) is 0 Å². The Balaban J connectivity index is 2.36. The van der Waals surface area contributed by atoms with Gasteiger partial charge in [-0.25, -0.2) is 0 Å². The molecule has 0 heterocycles. The van der Waals surface area contributed by atoms with Crippen molar-refractivity contribution in [2.45, 2.75) is 26.8 Å². The van der Waals surface area contributed by atoms with Crippen molar-refractivity contribution in [3.8, 4) is 0 Å². The molecule has 0 bridgehead atoms. The SMILES string of the molecule is COC(=O)C1(C(C)=NC(C)C)C=C1c1ccccc1. The van der Waals surface area contributed by atoms with Crippen LogP contribution in [0.5, 0.6) is 0 Å². The Morgan fingerprint density at radius 3 is 2.42 bits per heavy atom. The molecule has 2 rings (SSSR count). The number of rotatable bonds is 4. The van der Waals surface area contributed by atoms with Crippen molar-refractivity contribution in [2.75, 3.05) is 7.11 Å². The van der Waals surface area contributed by atoms with Crippen LogP contribution in [0, 0.1) is 5.41 Å². The highest BCUT2D eigenvalue weighted by Gasteiger charge is 2.55. The highest BCUT2D eigenvalue weighted by Crippen LogP contribution is 2.53. The molecule has 0 saturated carbocycles. The Bertz CT molecular complexity index is 543. The molecule has 1 aliphatic carbocycles. The molecule has 0 aliphatic heterocycles. The molecule has 1 aromatic rings. The zero-order valence-electron chi connectivity index (χ0n) is 11.8. The lowest BCUT2D eigenvalue weighted by atomic mass is 9.91. The Morgan fingerprint density at radius 1 is 1.26 bits per heavy atom. The van der Waals surface area contributed by atoms with E-state index in [1.165, 1.54) is 7.11 Å². The van der Waals surface area contributed by atoms with Gasteiger partial charge in [0.25, 0.3) is 0 Å². The lowest BCUT2D eigenvalue weighted by molar-refractivity contribution is -0.143. The molecule has 0 N–H and O–H groups in total. The van der Waals surface area contributed by atoms with E-state index < -0.39 is 5.41 Å². The van der Waals surface area contributed by atoms with Gasteiger partial charge in [-0.15, -0.1) is 0 Å². The number of benzene rings is 1. The summed E-state index contributed by atoms with van der Waals surface area (Å²) in [6.45, 7) is 5.89.